The Hall–Kier alpha value is -3.99. The van der Waals surface area contributed by atoms with Gasteiger partial charge in [0.1, 0.15) is 17.9 Å². The van der Waals surface area contributed by atoms with Gasteiger partial charge >= 0.3 is 0 Å². The van der Waals surface area contributed by atoms with Crippen molar-refractivity contribution in [1.29, 1.82) is 5.26 Å². The maximum Gasteiger partial charge on any atom is 0.287 e. The second kappa shape index (κ2) is 8.40. The molecule has 0 aliphatic carbocycles. The van der Waals surface area contributed by atoms with E-state index in [0.29, 0.717) is 24.2 Å². The maximum absolute atomic E-state index is 13.0. The molecule has 0 saturated heterocycles. The summed E-state index contributed by atoms with van der Waals surface area (Å²) < 4.78 is 0. The summed E-state index contributed by atoms with van der Waals surface area (Å²) in [5.74, 6) is -0.0839. The summed E-state index contributed by atoms with van der Waals surface area (Å²) in [6, 6.07) is 13.0. The van der Waals surface area contributed by atoms with Gasteiger partial charge in [-0.1, -0.05) is 37.3 Å². The van der Waals surface area contributed by atoms with Crippen LogP contribution in [0.15, 0.2) is 48.8 Å². The zero-order valence-electron chi connectivity index (χ0n) is 17.3. The van der Waals surface area contributed by atoms with Crippen LogP contribution < -0.4 is 10.2 Å². The Kier molecular flexibility index (Phi) is 5.50. The SMILES string of the molecule is C[C@H]1C[C@H](NC(=O)c2ncc(Cc3ccccc3)[nH]2)C(=O)N(C)c2ncc(C#N)cc21. The van der Waals surface area contributed by atoms with Crippen LogP contribution in [-0.4, -0.2) is 39.9 Å². The van der Waals surface area contributed by atoms with Gasteiger partial charge in [0.05, 0.1) is 5.56 Å². The van der Waals surface area contributed by atoms with E-state index >= 15 is 0 Å². The van der Waals surface area contributed by atoms with Crippen molar-refractivity contribution < 1.29 is 9.59 Å². The van der Waals surface area contributed by atoms with Crippen LogP contribution in [0.1, 0.15) is 52.3 Å². The lowest BCUT2D eigenvalue weighted by Crippen LogP contribution is -2.47. The fourth-order valence-corrected chi connectivity index (χ4v) is 3.83. The van der Waals surface area contributed by atoms with Gasteiger partial charge < -0.3 is 10.3 Å². The number of hydrogen-bond donors (Lipinski definition) is 2. The molecule has 0 spiro atoms. The number of likely N-dealkylation sites (N-methyl/N-ethyl adjacent to an activating group) is 1. The second-order valence-corrected chi connectivity index (χ2v) is 7.73. The molecule has 0 unspecified atom stereocenters. The van der Waals surface area contributed by atoms with Crippen LogP contribution in [0.5, 0.6) is 0 Å². The molecular weight excluding hydrogens is 392 g/mol. The molecule has 1 aliphatic rings. The number of fused-ring (bicyclic) bond motifs is 1. The summed E-state index contributed by atoms with van der Waals surface area (Å²) in [4.78, 5) is 38.7. The minimum absolute atomic E-state index is 0.0692. The summed E-state index contributed by atoms with van der Waals surface area (Å²) in [7, 11) is 1.63. The summed E-state index contributed by atoms with van der Waals surface area (Å²) in [6.07, 6.45) is 4.11. The van der Waals surface area contributed by atoms with Crippen LogP contribution in [0.4, 0.5) is 5.82 Å². The molecule has 0 radical (unpaired) electrons. The maximum atomic E-state index is 13.0. The molecule has 2 atom stereocenters. The minimum atomic E-state index is -0.727. The summed E-state index contributed by atoms with van der Waals surface area (Å²) in [6.45, 7) is 1.96. The predicted molar refractivity (Wildman–Crippen MR) is 114 cm³/mol. The number of imidazole rings is 1. The monoisotopic (exact) mass is 414 g/mol. The van der Waals surface area contributed by atoms with E-state index in [-0.39, 0.29) is 17.6 Å². The Labute approximate surface area is 179 Å². The first-order valence-corrected chi connectivity index (χ1v) is 10.0. The van der Waals surface area contributed by atoms with Gasteiger partial charge in [-0.2, -0.15) is 5.26 Å². The molecule has 3 heterocycles. The van der Waals surface area contributed by atoms with Gasteiger partial charge in [-0.25, -0.2) is 9.97 Å². The number of benzene rings is 1. The highest BCUT2D eigenvalue weighted by atomic mass is 16.2. The molecule has 0 bridgehead atoms. The van der Waals surface area contributed by atoms with Gasteiger partial charge in [0.2, 0.25) is 5.91 Å². The minimum Gasteiger partial charge on any atom is -0.338 e. The Bertz CT molecular complexity index is 1160. The van der Waals surface area contributed by atoms with Crippen molar-refractivity contribution in [2.75, 3.05) is 11.9 Å². The topological polar surface area (TPSA) is 115 Å². The van der Waals surface area contributed by atoms with Gasteiger partial charge in [0.25, 0.3) is 5.91 Å². The van der Waals surface area contributed by atoms with Crippen molar-refractivity contribution >= 4 is 17.6 Å². The van der Waals surface area contributed by atoms with E-state index in [4.69, 9.17) is 5.26 Å². The Morgan fingerprint density at radius 3 is 2.81 bits per heavy atom. The molecule has 8 heteroatoms. The van der Waals surface area contributed by atoms with E-state index in [1.165, 1.54) is 11.1 Å². The van der Waals surface area contributed by atoms with Crippen molar-refractivity contribution in [2.24, 2.45) is 0 Å². The van der Waals surface area contributed by atoms with Crippen LogP contribution in [-0.2, 0) is 11.2 Å². The summed E-state index contributed by atoms with van der Waals surface area (Å²) >= 11 is 0. The quantitative estimate of drug-likeness (QED) is 0.681. The van der Waals surface area contributed by atoms with Crippen LogP contribution in [0, 0.1) is 11.3 Å². The molecule has 3 aromatic rings. The van der Waals surface area contributed by atoms with Crippen molar-refractivity contribution in [3.8, 4) is 6.07 Å². The van der Waals surface area contributed by atoms with Crippen molar-refractivity contribution in [3.05, 3.63) is 77.0 Å². The van der Waals surface area contributed by atoms with Gasteiger partial charge in [-0.15, -0.1) is 0 Å². The van der Waals surface area contributed by atoms with Crippen LogP contribution in [0.3, 0.4) is 0 Å². The van der Waals surface area contributed by atoms with Crippen LogP contribution in [0.25, 0.3) is 0 Å². The number of nitrogens with zero attached hydrogens (tertiary/aromatic N) is 4. The highest BCUT2D eigenvalue weighted by molar-refractivity contribution is 6.01. The highest BCUT2D eigenvalue weighted by Gasteiger charge is 2.34. The molecule has 0 fully saturated rings. The smallest absolute Gasteiger partial charge is 0.287 e. The molecule has 1 aliphatic heterocycles. The number of amides is 2. The number of H-pyrrole nitrogens is 1. The van der Waals surface area contributed by atoms with Crippen molar-refractivity contribution in [3.63, 3.8) is 0 Å². The van der Waals surface area contributed by atoms with E-state index < -0.39 is 11.9 Å². The standard InChI is InChI=1S/C23H22N6O2/c1-14-8-19(23(31)29(2)21-18(14)10-16(11-24)12-26-21)28-22(30)20-25-13-17(27-20)9-15-6-4-3-5-7-15/h3-7,10,12-14,19H,8-9H2,1-2H3,(H,25,27)(H,28,30)/t14-,19-/m0/s1. The largest absolute Gasteiger partial charge is 0.338 e. The molecule has 8 nitrogen and oxygen atoms in total. The molecule has 1 aromatic carbocycles. The third-order valence-electron chi connectivity index (χ3n) is 5.48. The fraction of sp³-hybridized carbons (Fsp3) is 0.261. The lowest BCUT2D eigenvalue weighted by molar-refractivity contribution is -0.120. The van der Waals surface area contributed by atoms with Gasteiger partial charge in [0, 0.05) is 31.6 Å². The number of aromatic amines is 1. The number of anilines is 1. The number of aromatic nitrogens is 3. The lowest BCUT2D eigenvalue weighted by Gasteiger charge is -2.21. The number of nitriles is 1. The molecule has 4 rings (SSSR count). The first-order valence-electron chi connectivity index (χ1n) is 10.0. The highest BCUT2D eigenvalue weighted by Crippen LogP contribution is 2.33. The Morgan fingerprint density at radius 2 is 2.06 bits per heavy atom. The summed E-state index contributed by atoms with van der Waals surface area (Å²) in [5, 5.41) is 12.0. The van der Waals surface area contributed by atoms with E-state index in [2.05, 4.69) is 26.3 Å². The normalized spacial score (nSPS) is 18.1. The molecule has 2 aromatic heterocycles. The molecule has 156 valence electrons. The first kappa shape index (κ1) is 20.3. The van der Waals surface area contributed by atoms with Crippen LogP contribution >= 0.6 is 0 Å². The van der Waals surface area contributed by atoms with Gasteiger partial charge in [0.15, 0.2) is 5.82 Å². The molecule has 2 amide bonds. The third-order valence-corrected chi connectivity index (χ3v) is 5.48. The van der Waals surface area contributed by atoms with E-state index in [1.54, 1.807) is 19.3 Å². The number of carbonyl (C=O) groups is 2. The fourth-order valence-electron chi connectivity index (χ4n) is 3.83. The second-order valence-electron chi connectivity index (χ2n) is 7.73. The Balaban J connectivity index is 1.50. The zero-order valence-corrected chi connectivity index (χ0v) is 17.3. The van der Waals surface area contributed by atoms with E-state index in [9.17, 15) is 9.59 Å². The molecule has 0 saturated carbocycles. The zero-order chi connectivity index (χ0) is 22.0. The third kappa shape index (κ3) is 4.16. The Morgan fingerprint density at radius 1 is 1.29 bits per heavy atom. The average molecular weight is 414 g/mol. The molecule has 31 heavy (non-hydrogen) atoms. The number of hydrogen-bond acceptors (Lipinski definition) is 5. The van der Waals surface area contributed by atoms with Crippen LogP contribution in [0.2, 0.25) is 0 Å². The average Bonchev–Trinajstić information content (AvgIpc) is 3.23. The predicted octanol–water partition coefficient (Wildman–Crippen LogP) is 2.54. The summed E-state index contributed by atoms with van der Waals surface area (Å²) in [5.41, 5.74) is 3.18. The van der Waals surface area contributed by atoms with Crippen molar-refractivity contribution in [1.82, 2.24) is 20.3 Å². The van der Waals surface area contributed by atoms with E-state index in [1.807, 2.05) is 37.3 Å². The van der Waals surface area contributed by atoms with Gasteiger partial charge in [-0.3, -0.25) is 14.5 Å². The number of carbonyl (C=O) groups excluding carboxylic acids is 2. The number of pyridine rings is 1. The van der Waals surface area contributed by atoms with Crippen molar-refractivity contribution in [2.45, 2.75) is 31.7 Å². The van der Waals surface area contributed by atoms with E-state index in [0.717, 1.165) is 16.8 Å². The molecular formula is C23H22N6O2. The number of nitrogens with one attached hydrogen (secondary N) is 2. The first-order chi connectivity index (χ1) is 15.0. The number of rotatable bonds is 4. The molecule has 2 N–H and O–H groups in total. The lowest BCUT2D eigenvalue weighted by atomic mass is 9.95. The van der Waals surface area contributed by atoms with Gasteiger partial charge in [-0.05, 0) is 29.5 Å².